The second kappa shape index (κ2) is 4.86. The first-order valence-corrected chi connectivity index (χ1v) is 6.32. The Morgan fingerprint density at radius 1 is 1.25 bits per heavy atom. The largest absolute Gasteiger partial charge is 0.382 e. The molecule has 1 heterocycles. The second-order valence-corrected chi connectivity index (χ2v) is 4.77. The summed E-state index contributed by atoms with van der Waals surface area (Å²) in [5, 5.41) is 10.8. The molecule has 0 radical (unpaired) electrons. The molecule has 0 atom stereocenters. The number of fused-ring (bicyclic) bond motifs is 1. The molecule has 0 saturated heterocycles. The molecule has 0 saturated carbocycles. The number of aromatic nitrogens is 2. The van der Waals surface area contributed by atoms with Gasteiger partial charge in [-0.3, -0.25) is 9.89 Å². The fourth-order valence-corrected chi connectivity index (χ4v) is 2.14. The minimum Gasteiger partial charge on any atom is -0.382 e. The summed E-state index contributed by atoms with van der Waals surface area (Å²) < 4.78 is 0. The maximum atomic E-state index is 12.1. The van der Waals surface area contributed by atoms with Crippen molar-refractivity contribution in [2.75, 3.05) is 11.1 Å². The number of nitrogens with one attached hydrogen (secondary N) is 2. The van der Waals surface area contributed by atoms with Gasteiger partial charge in [-0.2, -0.15) is 5.10 Å². The molecule has 5 nitrogen and oxygen atoms in total. The minimum atomic E-state index is -0.228. The van der Waals surface area contributed by atoms with Crippen molar-refractivity contribution in [3.8, 4) is 0 Å². The van der Waals surface area contributed by atoms with Crippen LogP contribution in [0.1, 0.15) is 10.4 Å². The fraction of sp³-hybridized carbons (Fsp3) is 0. The monoisotopic (exact) mass is 286 g/mol. The molecular formula is C14H11ClN4O. The Hall–Kier alpha value is -2.53. The molecule has 4 N–H and O–H groups in total. The standard InChI is InChI=1S/C14H11ClN4O/c15-9-3-1-2-8(6-9)14(20)17-10-4-5-12-11(7-10)13(16)19-18-12/h1-7H,(H,17,20)(H3,16,18,19). The van der Waals surface area contributed by atoms with Crippen molar-refractivity contribution in [2.45, 2.75) is 0 Å². The third-order valence-corrected chi connectivity index (χ3v) is 3.17. The maximum absolute atomic E-state index is 12.1. The van der Waals surface area contributed by atoms with Gasteiger partial charge in [-0.15, -0.1) is 0 Å². The maximum Gasteiger partial charge on any atom is 0.255 e. The van der Waals surface area contributed by atoms with Gasteiger partial charge in [0, 0.05) is 21.7 Å². The summed E-state index contributed by atoms with van der Waals surface area (Å²) in [5.74, 6) is 0.174. The summed E-state index contributed by atoms with van der Waals surface area (Å²) in [4.78, 5) is 12.1. The first-order chi connectivity index (χ1) is 9.63. The molecule has 20 heavy (non-hydrogen) atoms. The molecule has 0 aliphatic heterocycles. The van der Waals surface area contributed by atoms with Gasteiger partial charge >= 0.3 is 0 Å². The van der Waals surface area contributed by atoms with Crippen LogP contribution in [0, 0.1) is 0 Å². The zero-order valence-electron chi connectivity index (χ0n) is 10.4. The highest BCUT2D eigenvalue weighted by atomic mass is 35.5. The molecule has 0 unspecified atom stereocenters. The van der Waals surface area contributed by atoms with Gasteiger partial charge < -0.3 is 11.1 Å². The lowest BCUT2D eigenvalue weighted by Gasteiger charge is -2.05. The lowest BCUT2D eigenvalue weighted by molar-refractivity contribution is 0.102. The van der Waals surface area contributed by atoms with Gasteiger partial charge in [-0.05, 0) is 36.4 Å². The average molecular weight is 287 g/mol. The Kier molecular flexibility index (Phi) is 3.04. The number of amides is 1. The van der Waals surface area contributed by atoms with Crippen molar-refractivity contribution in [1.82, 2.24) is 10.2 Å². The van der Waals surface area contributed by atoms with E-state index in [1.165, 1.54) is 0 Å². The van der Waals surface area contributed by atoms with E-state index in [4.69, 9.17) is 17.3 Å². The van der Waals surface area contributed by atoms with E-state index >= 15 is 0 Å². The summed E-state index contributed by atoms with van der Waals surface area (Å²) in [5.41, 5.74) is 7.70. The molecule has 3 rings (SSSR count). The molecular weight excluding hydrogens is 276 g/mol. The van der Waals surface area contributed by atoms with Crippen LogP contribution in [0.15, 0.2) is 42.5 Å². The number of halogens is 1. The van der Waals surface area contributed by atoms with Crippen LogP contribution in [0.4, 0.5) is 11.5 Å². The number of H-pyrrole nitrogens is 1. The number of carbonyl (C=O) groups excluding carboxylic acids is 1. The Morgan fingerprint density at radius 2 is 2.10 bits per heavy atom. The molecule has 0 bridgehead atoms. The predicted octanol–water partition coefficient (Wildman–Crippen LogP) is 3.05. The van der Waals surface area contributed by atoms with Crippen LogP contribution in [0.3, 0.4) is 0 Å². The Labute approximate surface area is 119 Å². The zero-order chi connectivity index (χ0) is 14.1. The van der Waals surface area contributed by atoms with E-state index in [1.807, 2.05) is 6.07 Å². The highest BCUT2D eigenvalue weighted by Gasteiger charge is 2.08. The molecule has 0 fully saturated rings. The van der Waals surface area contributed by atoms with Gasteiger partial charge in [-0.1, -0.05) is 17.7 Å². The van der Waals surface area contributed by atoms with Gasteiger partial charge in [0.15, 0.2) is 5.82 Å². The number of nitrogens with zero attached hydrogens (tertiary/aromatic N) is 1. The number of hydrogen-bond acceptors (Lipinski definition) is 3. The van der Waals surface area contributed by atoms with E-state index in [9.17, 15) is 4.79 Å². The second-order valence-electron chi connectivity index (χ2n) is 4.33. The molecule has 6 heteroatoms. The Balaban J connectivity index is 1.89. The summed E-state index contributed by atoms with van der Waals surface area (Å²) in [6.45, 7) is 0. The zero-order valence-corrected chi connectivity index (χ0v) is 11.1. The Bertz CT molecular complexity index is 797. The minimum absolute atomic E-state index is 0.228. The highest BCUT2D eigenvalue weighted by Crippen LogP contribution is 2.22. The number of benzene rings is 2. The van der Waals surface area contributed by atoms with Crippen LogP contribution in [0.2, 0.25) is 5.02 Å². The molecule has 0 aliphatic carbocycles. The van der Waals surface area contributed by atoms with Gasteiger partial charge in [0.25, 0.3) is 5.91 Å². The van der Waals surface area contributed by atoms with E-state index < -0.39 is 0 Å². The normalized spacial score (nSPS) is 10.7. The van der Waals surface area contributed by atoms with Crippen LogP contribution in [0.25, 0.3) is 10.9 Å². The first-order valence-electron chi connectivity index (χ1n) is 5.94. The topological polar surface area (TPSA) is 83.8 Å². The smallest absolute Gasteiger partial charge is 0.255 e. The van der Waals surface area contributed by atoms with Crippen molar-refractivity contribution in [3.05, 3.63) is 53.1 Å². The molecule has 0 spiro atoms. The van der Waals surface area contributed by atoms with Gasteiger partial charge in [0.1, 0.15) is 0 Å². The predicted molar refractivity (Wildman–Crippen MR) is 79.9 cm³/mol. The summed E-state index contributed by atoms with van der Waals surface area (Å²) in [6.07, 6.45) is 0. The lowest BCUT2D eigenvalue weighted by atomic mass is 10.2. The average Bonchev–Trinajstić information content (AvgIpc) is 2.80. The summed E-state index contributed by atoms with van der Waals surface area (Å²) in [6, 6.07) is 12.1. The van der Waals surface area contributed by atoms with E-state index in [-0.39, 0.29) is 5.91 Å². The van der Waals surface area contributed by atoms with Crippen molar-refractivity contribution in [1.29, 1.82) is 0 Å². The molecule has 3 aromatic rings. The molecule has 2 aromatic carbocycles. The van der Waals surface area contributed by atoms with E-state index in [0.29, 0.717) is 22.1 Å². The summed E-state index contributed by atoms with van der Waals surface area (Å²) >= 11 is 5.87. The lowest BCUT2D eigenvalue weighted by Crippen LogP contribution is -2.11. The fourth-order valence-electron chi connectivity index (χ4n) is 1.95. The Morgan fingerprint density at radius 3 is 2.90 bits per heavy atom. The number of nitrogen functional groups attached to an aromatic ring is 1. The highest BCUT2D eigenvalue weighted by molar-refractivity contribution is 6.31. The SMILES string of the molecule is Nc1n[nH]c2ccc(NC(=O)c3cccc(Cl)c3)cc12. The van der Waals surface area contributed by atoms with Crippen LogP contribution >= 0.6 is 11.6 Å². The van der Waals surface area contributed by atoms with Crippen molar-refractivity contribution >= 4 is 39.9 Å². The summed E-state index contributed by atoms with van der Waals surface area (Å²) in [7, 11) is 0. The third kappa shape index (κ3) is 2.31. The van der Waals surface area contributed by atoms with Crippen LogP contribution in [-0.4, -0.2) is 16.1 Å². The first kappa shape index (κ1) is 12.5. The van der Waals surface area contributed by atoms with E-state index in [1.54, 1.807) is 36.4 Å². The molecule has 0 aliphatic rings. The van der Waals surface area contributed by atoms with Crippen LogP contribution < -0.4 is 11.1 Å². The molecule has 100 valence electrons. The number of rotatable bonds is 2. The molecule has 1 aromatic heterocycles. The van der Waals surface area contributed by atoms with E-state index in [2.05, 4.69) is 15.5 Å². The van der Waals surface area contributed by atoms with Gasteiger partial charge in [0.05, 0.1) is 5.52 Å². The van der Waals surface area contributed by atoms with Crippen molar-refractivity contribution in [3.63, 3.8) is 0 Å². The van der Waals surface area contributed by atoms with Gasteiger partial charge in [0.2, 0.25) is 0 Å². The number of carbonyl (C=O) groups is 1. The third-order valence-electron chi connectivity index (χ3n) is 2.94. The molecule has 1 amide bonds. The number of anilines is 2. The van der Waals surface area contributed by atoms with Gasteiger partial charge in [-0.25, -0.2) is 0 Å². The number of hydrogen-bond donors (Lipinski definition) is 3. The number of nitrogens with two attached hydrogens (primary N) is 1. The van der Waals surface area contributed by atoms with Crippen LogP contribution in [-0.2, 0) is 0 Å². The van der Waals surface area contributed by atoms with Crippen molar-refractivity contribution in [2.24, 2.45) is 0 Å². The van der Waals surface area contributed by atoms with E-state index in [0.717, 1.165) is 10.9 Å². The quantitative estimate of drug-likeness (QED) is 0.677. The number of aromatic amines is 1. The van der Waals surface area contributed by atoms with Crippen molar-refractivity contribution < 1.29 is 4.79 Å². The van der Waals surface area contributed by atoms with Crippen LogP contribution in [0.5, 0.6) is 0 Å².